The summed E-state index contributed by atoms with van der Waals surface area (Å²) in [4.78, 5) is 20.3. The van der Waals surface area contributed by atoms with Gasteiger partial charge in [-0.3, -0.25) is 4.79 Å². The summed E-state index contributed by atoms with van der Waals surface area (Å²) in [7, 11) is 1.63. The lowest BCUT2D eigenvalue weighted by Crippen LogP contribution is -2.18. The summed E-state index contributed by atoms with van der Waals surface area (Å²) in [6.07, 6.45) is 3.14. The maximum Gasteiger partial charge on any atom is 0.254 e. The van der Waals surface area contributed by atoms with Crippen LogP contribution in [0.4, 0.5) is 5.82 Å². The van der Waals surface area contributed by atoms with Gasteiger partial charge >= 0.3 is 0 Å². The lowest BCUT2D eigenvalue weighted by molar-refractivity contribution is 0.0963. The number of fused-ring (bicyclic) bond motifs is 1. The van der Waals surface area contributed by atoms with Crippen LogP contribution < -0.4 is 10.6 Å². The fraction of sp³-hybridized carbons (Fsp3) is 0.294. The first kappa shape index (κ1) is 15.9. The van der Waals surface area contributed by atoms with E-state index >= 15 is 0 Å². The van der Waals surface area contributed by atoms with Crippen molar-refractivity contribution in [1.82, 2.24) is 24.9 Å². The summed E-state index contributed by atoms with van der Waals surface area (Å²) in [6.45, 7) is 2.78. The van der Waals surface area contributed by atoms with E-state index in [0.29, 0.717) is 11.3 Å². The number of carbonyl (C=O) groups excluding carboxylic acids is 1. The highest BCUT2D eigenvalue weighted by Crippen LogP contribution is 2.12. The van der Waals surface area contributed by atoms with Gasteiger partial charge in [-0.05, 0) is 30.5 Å². The Morgan fingerprint density at radius 2 is 2.17 bits per heavy atom. The molecule has 0 radical (unpaired) electrons. The van der Waals surface area contributed by atoms with E-state index in [1.807, 2.05) is 30.3 Å². The molecule has 1 aromatic carbocycles. The molecule has 2 N–H and O–H groups in total. The van der Waals surface area contributed by atoms with E-state index in [9.17, 15) is 4.79 Å². The van der Waals surface area contributed by atoms with Crippen LogP contribution in [-0.2, 0) is 12.8 Å². The summed E-state index contributed by atoms with van der Waals surface area (Å²) >= 11 is 0. The largest absolute Gasteiger partial charge is 0.370 e. The molecule has 0 atom stereocenters. The van der Waals surface area contributed by atoms with Gasteiger partial charge in [0.1, 0.15) is 12.1 Å². The standard InChI is InChI=1S/C17H20N6O/c1-3-14-10-15(23-17(22-14)20-11-21-23)19-8-7-12-5-4-6-13(9-12)16(24)18-2/h4-6,9-11,19H,3,7-8H2,1-2H3,(H,18,24). The molecule has 7 heteroatoms. The maximum atomic E-state index is 11.7. The van der Waals surface area contributed by atoms with Gasteiger partial charge in [0.2, 0.25) is 0 Å². The lowest BCUT2D eigenvalue weighted by Gasteiger charge is -2.10. The first-order chi connectivity index (χ1) is 11.7. The normalized spacial score (nSPS) is 10.8. The van der Waals surface area contributed by atoms with Gasteiger partial charge in [-0.15, -0.1) is 0 Å². The van der Waals surface area contributed by atoms with Crippen LogP contribution in [0.3, 0.4) is 0 Å². The first-order valence-electron chi connectivity index (χ1n) is 7.96. The third-order valence-corrected chi connectivity index (χ3v) is 3.80. The molecule has 24 heavy (non-hydrogen) atoms. The van der Waals surface area contributed by atoms with Gasteiger partial charge in [-0.25, -0.2) is 4.98 Å². The summed E-state index contributed by atoms with van der Waals surface area (Å²) in [6, 6.07) is 9.63. The summed E-state index contributed by atoms with van der Waals surface area (Å²) in [5, 5.41) is 10.2. The van der Waals surface area contributed by atoms with E-state index in [2.05, 4.69) is 32.6 Å². The number of nitrogens with one attached hydrogen (secondary N) is 2. The zero-order chi connectivity index (χ0) is 16.9. The predicted octanol–water partition coefficient (Wildman–Crippen LogP) is 1.70. The van der Waals surface area contributed by atoms with E-state index in [0.717, 1.165) is 36.5 Å². The van der Waals surface area contributed by atoms with Crippen molar-refractivity contribution in [2.24, 2.45) is 0 Å². The Morgan fingerprint density at radius 3 is 2.96 bits per heavy atom. The number of nitrogens with zero attached hydrogens (tertiary/aromatic N) is 4. The number of aryl methyl sites for hydroxylation is 1. The molecule has 0 aliphatic heterocycles. The van der Waals surface area contributed by atoms with Crippen LogP contribution in [0.5, 0.6) is 0 Å². The van der Waals surface area contributed by atoms with Crippen molar-refractivity contribution in [3.05, 3.63) is 53.5 Å². The molecule has 0 aliphatic rings. The van der Waals surface area contributed by atoms with E-state index in [-0.39, 0.29) is 5.91 Å². The highest BCUT2D eigenvalue weighted by molar-refractivity contribution is 5.94. The molecular formula is C17H20N6O. The van der Waals surface area contributed by atoms with Crippen LogP contribution in [0.2, 0.25) is 0 Å². The Labute approximate surface area is 140 Å². The van der Waals surface area contributed by atoms with Crippen LogP contribution in [0.1, 0.15) is 28.5 Å². The van der Waals surface area contributed by atoms with Gasteiger partial charge in [0.05, 0.1) is 0 Å². The van der Waals surface area contributed by atoms with Gasteiger partial charge in [0.25, 0.3) is 11.7 Å². The van der Waals surface area contributed by atoms with E-state index < -0.39 is 0 Å². The molecule has 0 unspecified atom stereocenters. The zero-order valence-electron chi connectivity index (χ0n) is 13.8. The number of hydrogen-bond donors (Lipinski definition) is 2. The number of aromatic nitrogens is 4. The van der Waals surface area contributed by atoms with E-state index in [4.69, 9.17) is 0 Å². The monoisotopic (exact) mass is 324 g/mol. The van der Waals surface area contributed by atoms with Crippen LogP contribution in [-0.4, -0.2) is 39.1 Å². The first-order valence-corrected chi connectivity index (χ1v) is 7.96. The van der Waals surface area contributed by atoms with Gasteiger partial charge in [-0.2, -0.15) is 14.6 Å². The third-order valence-electron chi connectivity index (χ3n) is 3.80. The number of amides is 1. The van der Waals surface area contributed by atoms with Gasteiger partial charge in [0.15, 0.2) is 0 Å². The number of rotatable bonds is 6. The van der Waals surface area contributed by atoms with Crippen molar-refractivity contribution < 1.29 is 4.79 Å². The molecule has 3 rings (SSSR count). The smallest absolute Gasteiger partial charge is 0.254 e. The fourth-order valence-corrected chi connectivity index (χ4v) is 2.52. The molecule has 2 aromatic heterocycles. The van der Waals surface area contributed by atoms with Crippen molar-refractivity contribution in [3.8, 4) is 0 Å². The van der Waals surface area contributed by atoms with Gasteiger partial charge in [0, 0.05) is 30.9 Å². The van der Waals surface area contributed by atoms with Crippen molar-refractivity contribution in [2.75, 3.05) is 18.9 Å². The molecule has 0 aliphatic carbocycles. The van der Waals surface area contributed by atoms with Crippen molar-refractivity contribution in [2.45, 2.75) is 19.8 Å². The van der Waals surface area contributed by atoms with Crippen molar-refractivity contribution in [1.29, 1.82) is 0 Å². The minimum atomic E-state index is -0.0733. The SMILES string of the molecule is CCc1cc(NCCc2cccc(C(=O)NC)c2)n2ncnc2n1. The second kappa shape index (κ2) is 7.08. The third kappa shape index (κ3) is 3.34. The zero-order valence-corrected chi connectivity index (χ0v) is 13.8. The van der Waals surface area contributed by atoms with Crippen LogP contribution >= 0.6 is 0 Å². The van der Waals surface area contributed by atoms with Crippen molar-refractivity contribution >= 4 is 17.5 Å². The van der Waals surface area contributed by atoms with Crippen LogP contribution in [0.25, 0.3) is 5.78 Å². The lowest BCUT2D eigenvalue weighted by atomic mass is 10.1. The average molecular weight is 324 g/mol. The minimum Gasteiger partial charge on any atom is -0.370 e. The molecule has 0 saturated heterocycles. The second-order valence-electron chi connectivity index (χ2n) is 5.41. The van der Waals surface area contributed by atoms with Crippen molar-refractivity contribution in [3.63, 3.8) is 0 Å². The quantitative estimate of drug-likeness (QED) is 0.721. The Kier molecular flexibility index (Phi) is 4.69. The Morgan fingerprint density at radius 1 is 1.29 bits per heavy atom. The Hall–Kier alpha value is -2.96. The molecular weight excluding hydrogens is 304 g/mol. The second-order valence-corrected chi connectivity index (χ2v) is 5.41. The molecule has 0 fully saturated rings. The molecule has 7 nitrogen and oxygen atoms in total. The summed E-state index contributed by atoms with van der Waals surface area (Å²) in [5.74, 6) is 1.39. The van der Waals surface area contributed by atoms with Gasteiger partial charge in [-0.1, -0.05) is 19.1 Å². The number of benzene rings is 1. The molecule has 0 spiro atoms. The fourth-order valence-electron chi connectivity index (χ4n) is 2.52. The van der Waals surface area contributed by atoms with E-state index in [1.54, 1.807) is 11.6 Å². The highest BCUT2D eigenvalue weighted by atomic mass is 16.1. The number of carbonyl (C=O) groups is 1. The van der Waals surface area contributed by atoms with Crippen LogP contribution in [0, 0.1) is 0 Å². The summed E-state index contributed by atoms with van der Waals surface area (Å²) < 4.78 is 1.69. The maximum absolute atomic E-state index is 11.7. The van der Waals surface area contributed by atoms with E-state index in [1.165, 1.54) is 6.33 Å². The molecule has 3 aromatic rings. The topological polar surface area (TPSA) is 84.2 Å². The predicted molar refractivity (Wildman–Crippen MR) is 92.2 cm³/mol. The Balaban J connectivity index is 1.71. The minimum absolute atomic E-state index is 0.0733. The molecule has 124 valence electrons. The van der Waals surface area contributed by atoms with Gasteiger partial charge < -0.3 is 10.6 Å². The Bertz CT molecular complexity index is 857. The molecule has 0 bridgehead atoms. The molecule has 1 amide bonds. The molecule has 0 saturated carbocycles. The number of anilines is 1. The average Bonchev–Trinajstić information content (AvgIpc) is 3.09. The summed E-state index contributed by atoms with van der Waals surface area (Å²) in [5.41, 5.74) is 2.74. The number of hydrogen-bond acceptors (Lipinski definition) is 5. The highest BCUT2D eigenvalue weighted by Gasteiger charge is 2.07. The molecule has 2 heterocycles. The van der Waals surface area contributed by atoms with Crippen LogP contribution in [0.15, 0.2) is 36.7 Å².